The smallest absolute Gasteiger partial charge is 0.207 e. The van der Waals surface area contributed by atoms with Gasteiger partial charge in [0, 0.05) is 5.02 Å². The van der Waals surface area contributed by atoms with Gasteiger partial charge in [-0.2, -0.15) is 4.72 Å². The van der Waals surface area contributed by atoms with Crippen LogP contribution in [0.2, 0.25) is 10.0 Å². The van der Waals surface area contributed by atoms with Crippen molar-refractivity contribution in [1.29, 1.82) is 0 Å². The standard InChI is InChI=1S/C20H17Cl2NO2S/c1-14-7-9-16(10-8-14)20(15-5-3-2-4-6-15)23-26(24,25)19-13-17(21)11-12-18(19)22/h2-13,20,23H,1H3/t20-/m1/s1. The Balaban J connectivity index is 2.05. The Morgan fingerprint density at radius 1 is 0.846 bits per heavy atom. The van der Waals surface area contributed by atoms with E-state index in [1.54, 1.807) is 6.07 Å². The van der Waals surface area contributed by atoms with E-state index in [9.17, 15) is 8.42 Å². The normalized spacial score (nSPS) is 12.7. The van der Waals surface area contributed by atoms with Crippen LogP contribution in [0.4, 0.5) is 0 Å². The van der Waals surface area contributed by atoms with E-state index >= 15 is 0 Å². The first-order chi connectivity index (χ1) is 12.4. The Morgan fingerprint density at radius 3 is 2.12 bits per heavy atom. The van der Waals surface area contributed by atoms with Crippen LogP contribution in [0, 0.1) is 6.92 Å². The van der Waals surface area contributed by atoms with Gasteiger partial charge in [0.15, 0.2) is 0 Å². The first-order valence-electron chi connectivity index (χ1n) is 7.96. The Bertz CT molecular complexity index is 1000. The van der Waals surface area contributed by atoms with E-state index in [1.165, 1.54) is 12.1 Å². The summed E-state index contributed by atoms with van der Waals surface area (Å²) in [5.74, 6) is 0. The van der Waals surface area contributed by atoms with Crippen molar-refractivity contribution in [3.8, 4) is 0 Å². The minimum Gasteiger partial charge on any atom is -0.207 e. The van der Waals surface area contributed by atoms with Crippen molar-refractivity contribution in [1.82, 2.24) is 4.72 Å². The lowest BCUT2D eigenvalue weighted by Crippen LogP contribution is -2.29. The number of benzene rings is 3. The highest BCUT2D eigenvalue weighted by molar-refractivity contribution is 7.89. The monoisotopic (exact) mass is 405 g/mol. The maximum atomic E-state index is 13.0. The molecule has 26 heavy (non-hydrogen) atoms. The van der Waals surface area contributed by atoms with Crippen molar-refractivity contribution in [3.63, 3.8) is 0 Å². The molecule has 0 aliphatic heterocycles. The van der Waals surface area contributed by atoms with Gasteiger partial charge in [-0.3, -0.25) is 0 Å². The third kappa shape index (κ3) is 4.27. The van der Waals surface area contributed by atoms with Crippen LogP contribution >= 0.6 is 23.2 Å². The average molecular weight is 406 g/mol. The zero-order chi connectivity index (χ0) is 18.7. The van der Waals surface area contributed by atoms with Gasteiger partial charge in [-0.1, -0.05) is 83.4 Å². The summed E-state index contributed by atoms with van der Waals surface area (Å²) >= 11 is 12.1. The molecule has 134 valence electrons. The maximum absolute atomic E-state index is 13.0. The molecule has 0 fully saturated rings. The fraction of sp³-hybridized carbons (Fsp3) is 0.100. The van der Waals surface area contributed by atoms with Crippen LogP contribution in [-0.4, -0.2) is 8.42 Å². The number of hydrogen-bond donors (Lipinski definition) is 1. The third-order valence-electron chi connectivity index (χ3n) is 4.00. The molecule has 0 bridgehead atoms. The molecule has 0 aliphatic rings. The van der Waals surface area contributed by atoms with Gasteiger partial charge in [0.1, 0.15) is 4.90 Å². The van der Waals surface area contributed by atoms with Gasteiger partial charge in [-0.15, -0.1) is 0 Å². The Hall–Kier alpha value is -1.85. The topological polar surface area (TPSA) is 46.2 Å². The van der Waals surface area contributed by atoms with Crippen molar-refractivity contribution in [2.75, 3.05) is 0 Å². The molecule has 3 rings (SSSR count). The molecule has 3 aromatic rings. The molecule has 3 nitrogen and oxygen atoms in total. The molecule has 0 spiro atoms. The number of hydrogen-bond acceptors (Lipinski definition) is 2. The molecular formula is C20H17Cl2NO2S. The van der Waals surface area contributed by atoms with Crippen LogP contribution in [0.5, 0.6) is 0 Å². The summed E-state index contributed by atoms with van der Waals surface area (Å²) in [5.41, 5.74) is 2.77. The molecule has 0 saturated carbocycles. The van der Waals surface area contributed by atoms with Crippen LogP contribution in [0.25, 0.3) is 0 Å². The summed E-state index contributed by atoms with van der Waals surface area (Å²) < 4.78 is 28.7. The largest absolute Gasteiger partial charge is 0.242 e. The molecule has 3 aromatic carbocycles. The van der Waals surface area contributed by atoms with Crippen molar-refractivity contribution < 1.29 is 8.42 Å². The van der Waals surface area contributed by atoms with E-state index in [0.29, 0.717) is 5.02 Å². The van der Waals surface area contributed by atoms with Crippen molar-refractivity contribution in [3.05, 3.63) is 99.5 Å². The van der Waals surface area contributed by atoms with Gasteiger partial charge in [-0.25, -0.2) is 8.42 Å². The van der Waals surface area contributed by atoms with E-state index in [2.05, 4.69) is 4.72 Å². The summed E-state index contributed by atoms with van der Waals surface area (Å²) in [5, 5.41) is 0.430. The molecule has 0 saturated heterocycles. The third-order valence-corrected chi connectivity index (χ3v) is 6.14. The van der Waals surface area contributed by atoms with E-state index in [1.807, 2.05) is 61.5 Å². The van der Waals surface area contributed by atoms with Crippen molar-refractivity contribution in [2.45, 2.75) is 17.9 Å². The second-order valence-corrected chi connectivity index (χ2v) is 8.48. The lowest BCUT2D eigenvalue weighted by Gasteiger charge is -2.20. The maximum Gasteiger partial charge on any atom is 0.242 e. The predicted octanol–water partition coefficient (Wildman–Crippen LogP) is 5.37. The van der Waals surface area contributed by atoms with Crippen LogP contribution < -0.4 is 4.72 Å². The number of nitrogens with one attached hydrogen (secondary N) is 1. The van der Waals surface area contributed by atoms with Crippen molar-refractivity contribution in [2.24, 2.45) is 0 Å². The van der Waals surface area contributed by atoms with Gasteiger partial charge in [0.25, 0.3) is 0 Å². The summed E-state index contributed by atoms with van der Waals surface area (Å²) in [6.07, 6.45) is 0. The summed E-state index contributed by atoms with van der Waals surface area (Å²) in [6.45, 7) is 1.98. The second-order valence-electron chi connectivity index (χ2n) is 5.95. The molecule has 0 aliphatic carbocycles. The highest BCUT2D eigenvalue weighted by Gasteiger charge is 2.25. The summed E-state index contributed by atoms with van der Waals surface area (Å²) in [4.78, 5) is -0.0419. The first kappa shape index (κ1) is 18.9. The van der Waals surface area contributed by atoms with Crippen LogP contribution in [-0.2, 0) is 10.0 Å². The zero-order valence-corrected chi connectivity index (χ0v) is 16.3. The van der Waals surface area contributed by atoms with Gasteiger partial charge >= 0.3 is 0 Å². The summed E-state index contributed by atoms with van der Waals surface area (Å²) in [7, 11) is -3.89. The molecule has 6 heteroatoms. The quantitative estimate of drug-likeness (QED) is 0.619. The summed E-state index contributed by atoms with van der Waals surface area (Å²) in [6, 6.07) is 21.0. The van der Waals surface area contributed by atoms with E-state index in [4.69, 9.17) is 23.2 Å². The lowest BCUT2D eigenvalue weighted by molar-refractivity contribution is 0.572. The first-order valence-corrected chi connectivity index (χ1v) is 10.2. The molecule has 1 atom stereocenters. The number of halogens is 2. The molecule has 1 N–H and O–H groups in total. The van der Waals surface area contributed by atoms with Gasteiger partial charge in [0.05, 0.1) is 11.1 Å². The average Bonchev–Trinajstić information content (AvgIpc) is 2.63. The van der Waals surface area contributed by atoms with Gasteiger partial charge < -0.3 is 0 Å². The minimum atomic E-state index is -3.89. The van der Waals surface area contributed by atoms with Crippen LogP contribution in [0.15, 0.2) is 77.7 Å². The van der Waals surface area contributed by atoms with Crippen molar-refractivity contribution >= 4 is 33.2 Å². The zero-order valence-electron chi connectivity index (χ0n) is 14.0. The highest BCUT2D eigenvalue weighted by Crippen LogP contribution is 2.29. The van der Waals surface area contributed by atoms with Crippen LogP contribution in [0.1, 0.15) is 22.7 Å². The Kier molecular flexibility index (Phi) is 5.68. The van der Waals surface area contributed by atoms with Gasteiger partial charge in [0.2, 0.25) is 10.0 Å². The molecular weight excluding hydrogens is 389 g/mol. The molecule has 0 radical (unpaired) electrons. The molecule has 0 heterocycles. The highest BCUT2D eigenvalue weighted by atomic mass is 35.5. The minimum absolute atomic E-state index is 0.0419. The second kappa shape index (κ2) is 7.80. The Morgan fingerprint density at radius 2 is 1.46 bits per heavy atom. The van der Waals surface area contributed by atoms with E-state index in [-0.39, 0.29) is 9.92 Å². The Labute approximate surface area is 163 Å². The number of sulfonamides is 1. The predicted molar refractivity (Wildman–Crippen MR) is 106 cm³/mol. The van der Waals surface area contributed by atoms with E-state index in [0.717, 1.165) is 16.7 Å². The SMILES string of the molecule is Cc1ccc([C@H](NS(=O)(=O)c2cc(Cl)ccc2Cl)c2ccccc2)cc1. The molecule has 0 amide bonds. The van der Waals surface area contributed by atoms with Crippen LogP contribution in [0.3, 0.4) is 0 Å². The lowest BCUT2D eigenvalue weighted by atomic mass is 9.99. The molecule has 0 aromatic heterocycles. The fourth-order valence-corrected chi connectivity index (χ4v) is 4.61. The number of rotatable bonds is 5. The fourth-order valence-electron chi connectivity index (χ4n) is 2.63. The number of aryl methyl sites for hydroxylation is 1. The van der Waals surface area contributed by atoms with E-state index < -0.39 is 16.1 Å². The molecule has 0 unspecified atom stereocenters. The van der Waals surface area contributed by atoms with Gasteiger partial charge in [-0.05, 0) is 36.2 Å².